The third kappa shape index (κ3) is 3.58. The van der Waals surface area contributed by atoms with Crippen LogP contribution in [0, 0.1) is 6.92 Å². The number of aryl methyl sites for hydroxylation is 1. The molecule has 0 aliphatic carbocycles. The molecule has 0 saturated heterocycles. The Morgan fingerprint density at radius 1 is 1.04 bits per heavy atom. The minimum absolute atomic E-state index is 0.281. The van der Waals surface area contributed by atoms with Crippen molar-refractivity contribution in [2.24, 2.45) is 0 Å². The molecule has 4 rings (SSSR count). The van der Waals surface area contributed by atoms with Crippen molar-refractivity contribution < 1.29 is 14.0 Å². The number of thiazole rings is 1. The van der Waals surface area contributed by atoms with Crippen LogP contribution in [0.4, 0.5) is 5.13 Å². The summed E-state index contributed by atoms with van der Waals surface area (Å²) in [5.74, 6) is -0.177. The summed E-state index contributed by atoms with van der Waals surface area (Å²) < 4.78 is 5.42. The molecule has 0 aliphatic rings. The Kier molecular flexibility index (Phi) is 4.77. The molecule has 4 aromatic heterocycles. The van der Waals surface area contributed by atoms with E-state index in [-0.39, 0.29) is 11.7 Å². The first-order valence-electron chi connectivity index (χ1n) is 8.36. The fourth-order valence-corrected chi connectivity index (χ4v) is 3.48. The highest BCUT2D eigenvalue weighted by molar-refractivity contribution is 7.18. The summed E-state index contributed by atoms with van der Waals surface area (Å²) in [4.78, 5) is 38.4. The summed E-state index contributed by atoms with van der Waals surface area (Å²) in [7, 11) is 0. The lowest BCUT2D eigenvalue weighted by Gasteiger charge is -2.00. The van der Waals surface area contributed by atoms with Gasteiger partial charge in [-0.1, -0.05) is 17.4 Å². The van der Waals surface area contributed by atoms with Crippen LogP contribution in [-0.2, 0) is 0 Å². The lowest BCUT2D eigenvalue weighted by molar-refractivity contribution is 0.102. The number of carbonyl (C=O) groups is 2. The van der Waals surface area contributed by atoms with Crippen molar-refractivity contribution in [2.75, 3.05) is 5.32 Å². The van der Waals surface area contributed by atoms with Gasteiger partial charge in [0.2, 0.25) is 5.78 Å². The molecule has 28 heavy (non-hydrogen) atoms. The molecule has 1 amide bonds. The molecule has 0 bridgehead atoms. The number of carbonyl (C=O) groups excluding carboxylic acids is 2. The van der Waals surface area contributed by atoms with Gasteiger partial charge < -0.3 is 4.42 Å². The lowest BCUT2D eigenvalue weighted by Crippen LogP contribution is -2.11. The normalized spacial score (nSPS) is 10.6. The van der Waals surface area contributed by atoms with Gasteiger partial charge in [0.15, 0.2) is 10.9 Å². The summed E-state index contributed by atoms with van der Waals surface area (Å²) in [5.41, 5.74) is 1.86. The van der Waals surface area contributed by atoms with Gasteiger partial charge in [0.1, 0.15) is 16.3 Å². The number of pyridine rings is 2. The Morgan fingerprint density at radius 2 is 1.86 bits per heavy atom. The van der Waals surface area contributed by atoms with Gasteiger partial charge in [0, 0.05) is 23.7 Å². The number of aromatic nitrogens is 3. The van der Waals surface area contributed by atoms with Crippen molar-refractivity contribution in [2.45, 2.75) is 6.92 Å². The average Bonchev–Trinajstić information content (AvgIpc) is 3.38. The molecule has 7 nitrogen and oxygen atoms in total. The van der Waals surface area contributed by atoms with Crippen molar-refractivity contribution in [1.82, 2.24) is 15.0 Å². The number of nitrogens with zero attached hydrogens (tertiary/aromatic N) is 3. The van der Waals surface area contributed by atoms with Gasteiger partial charge in [-0.2, -0.15) is 0 Å². The van der Waals surface area contributed by atoms with E-state index in [0.717, 1.165) is 17.0 Å². The fraction of sp³-hybridized carbons (Fsp3) is 0.0500. The van der Waals surface area contributed by atoms with Crippen LogP contribution in [0.5, 0.6) is 0 Å². The molecule has 0 spiro atoms. The van der Waals surface area contributed by atoms with Gasteiger partial charge >= 0.3 is 0 Å². The largest absolute Gasteiger partial charge is 0.463 e. The number of furan rings is 1. The number of anilines is 1. The molecule has 4 aromatic rings. The second-order valence-corrected chi connectivity index (χ2v) is 6.86. The van der Waals surface area contributed by atoms with Crippen LogP contribution in [0.25, 0.3) is 11.5 Å². The minimum Gasteiger partial charge on any atom is -0.463 e. The van der Waals surface area contributed by atoms with Crippen LogP contribution in [0.1, 0.15) is 31.4 Å². The van der Waals surface area contributed by atoms with E-state index >= 15 is 0 Å². The summed E-state index contributed by atoms with van der Waals surface area (Å²) in [6.45, 7) is 1.82. The van der Waals surface area contributed by atoms with Crippen LogP contribution < -0.4 is 5.32 Å². The van der Waals surface area contributed by atoms with Gasteiger partial charge in [-0.15, -0.1) is 0 Å². The van der Waals surface area contributed by atoms with Crippen LogP contribution in [0.2, 0.25) is 0 Å². The number of hydrogen-bond donors (Lipinski definition) is 1. The van der Waals surface area contributed by atoms with E-state index in [1.807, 2.05) is 13.0 Å². The van der Waals surface area contributed by atoms with Crippen molar-refractivity contribution in [3.63, 3.8) is 0 Å². The molecule has 0 fully saturated rings. The maximum atomic E-state index is 13.0. The Labute approximate surface area is 164 Å². The van der Waals surface area contributed by atoms with E-state index in [1.165, 1.54) is 18.7 Å². The summed E-state index contributed by atoms with van der Waals surface area (Å²) >= 11 is 1.08. The molecule has 0 atom stereocenters. The lowest BCUT2D eigenvalue weighted by atomic mass is 10.1. The number of amides is 1. The molecular weight excluding hydrogens is 376 g/mol. The smallest absolute Gasteiger partial charge is 0.257 e. The molecule has 0 saturated carbocycles. The predicted octanol–water partition coefficient (Wildman–Crippen LogP) is 3.98. The zero-order valence-electron chi connectivity index (χ0n) is 14.7. The molecule has 0 aromatic carbocycles. The van der Waals surface area contributed by atoms with Crippen LogP contribution >= 0.6 is 11.3 Å². The Morgan fingerprint density at radius 3 is 2.57 bits per heavy atom. The number of rotatable bonds is 5. The van der Waals surface area contributed by atoms with Crippen molar-refractivity contribution in [3.8, 4) is 11.5 Å². The molecule has 8 heteroatoms. The topological polar surface area (TPSA) is 98.0 Å². The second-order valence-electron chi connectivity index (χ2n) is 5.86. The summed E-state index contributed by atoms with van der Waals surface area (Å²) in [6.07, 6.45) is 4.57. The minimum atomic E-state index is -0.338. The maximum Gasteiger partial charge on any atom is 0.257 e. The monoisotopic (exact) mass is 390 g/mol. The van der Waals surface area contributed by atoms with Crippen LogP contribution in [0.3, 0.4) is 0 Å². The Hall–Kier alpha value is -3.65. The van der Waals surface area contributed by atoms with E-state index in [2.05, 4.69) is 20.3 Å². The van der Waals surface area contributed by atoms with E-state index in [9.17, 15) is 9.59 Å². The van der Waals surface area contributed by atoms with Gasteiger partial charge in [-0.25, -0.2) is 9.97 Å². The highest BCUT2D eigenvalue weighted by Gasteiger charge is 2.24. The standard InChI is InChI=1S/C20H14N4O3S/c1-12-4-2-5-14(22-12)17(25)18-16(15-6-3-11-27-15)23-20(28-18)24-19(26)13-7-9-21-10-8-13/h2-11H,1H3,(H,23,24,26). The van der Waals surface area contributed by atoms with Gasteiger partial charge in [0.05, 0.1) is 6.26 Å². The maximum absolute atomic E-state index is 13.0. The molecule has 0 radical (unpaired) electrons. The number of ketones is 1. The first-order chi connectivity index (χ1) is 13.6. The van der Waals surface area contributed by atoms with E-state index in [0.29, 0.717) is 32.7 Å². The SMILES string of the molecule is Cc1cccc(C(=O)c2sc(NC(=O)c3ccncc3)nc2-c2ccco2)n1. The van der Waals surface area contributed by atoms with Crippen LogP contribution in [0.15, 0.2) is 65.5 Å². The third-order valence-corrected chi connectivity index (χ3v) is 4.84. The third-order valence-electron chi connectivity index (χ3n) is 3.87. The van der Waals surface area contributed by atoms with Crippen molar-refractivity contribution in [3.05, 3.63) is 82.9 Å². The molecule has 138 valence electrons. The first kappa shape index (κ1) is 17.7. The van der Waals surface area contributed by atoms with Gasteiger partial charge in [-0.3, -0.25) is 19.9 Å². The molecule has 0 aliphatic heterocycles. The van der Waals surface area contributed by atoms with E-state index < -0.39 is 0 Å². The first-order valence-corrected chi connectivity index (χ1v) is 9.18. The highest BCUT2D eigenvalue weighted by Crippen LogP contribution is 2.33. The molecule has 0 unspecified atom stereocenters. The zero-order chi connectivity index (χ0) is 19.5. The summed E-state index contributed by atoms with van der Waals surface area (Å²) in [5, 5.41) is 3.02. The second kappa shape index (κ2) is 7.53. The van der Waals surface area contributed by atoms with Gasteiger partial charge in [-0.05, 0) is 43.3 Å². The molecular formula is C20H14N4O3S. The fourth-order valence-electron chi connectivity index (χ4n) is 2.57. The van der Waals surface area contributed by atoms with Crippen molar-refractivity contribution >= 4 is 28.2 Å². The number of nitrogens with one attached hydrogen (secondary N) is 1. The summed E-state index contributed by atoms with van der Waals surface area (Å²) in [6, 6.07) is 11.9. The van der Waals surface area contributed by atoms with Gasteiger partial charge in [0.25, 0.3) is 5.91 Å². The molecule has 4 heterocycles. The van der Waals surface area contributed by atoms with E-state index in [4.69, 9.17) is 4.42 Å². The average molecular weight is 390 g/mol. The molecule has 1 N–H and O–H groups in total. The quantitative estimate of drug-likeness (QED) is 0.518. The number of hydrogen-bond acceptors (Lipinski definition) is 7. The van der Waals surface area contributed by atoms with Crippen LogP contribution in [-0.4, -0.2) is 26.6 Å². The Balaban J connectivity index is 1.71. The Bertz CT molecular complexity index is 1140. The predicted molar refractivity (Wildman–Crippen MR) is 104 cm³/mol. The van der Waals surface area contributed by atoms with Crippen molar-refractivity contribution in [1.29, 1.82) is 0 Å². The van der Waals surface area contributed by atoms with E-state index in [1.54, 1.807) is 36.4 Å². The highest BCUT2D eigenvalue weighted by atomic mass is 32.1. The zero-order valence-corrected chi connectivity index (χ0v) is 15.6.